The van der Waals surface area contributed by atoms with Crippen LogP contribution in [0.25, 0.3) is 0 Å². The van der Waals surface area contributed by atoms with Crippen molar-refractivity contribution in [2.45, 2.75) is 56.7 Å². The highest BCUT2D eigenvalue weighted by molar-refractivity contribution is 5.49. The minimum absolute atomic E-state index is 0.203. The Bertz CT molecular complexity index is 511. The van der Waals surface area contributed by atoms with Crippen molar-refractivity contribution in [3.63, 3.8) is 0 Å². The summed E-state index contributed by atoms with van der Waals surface area (Å²) < 4.78 is 6.43. The minimum Gasteiger partial charge on any atom is -0.372 e. The molecule has 1 saturated carbocycles. The maximum absolute atomic E-state index is 8.85. The standard InChI is InChI=1S/C18H24N2O/c1-20(16-7-5-15(13-19)6-8-16)14-17-9-12-18(21-17)10-3-2-4-11-18/h5-8,17H,2-4,9-12,14H2,1H3. The van der Waals surface area contributed by atoms with Crippen molar-refractivity contribution in [2.75, 3.05) is 18.5 Å². The molecule has 1 aromatic carbocycles. The van der Waals surface area contributed by atoms with Gasteiger partial charge < -0.3 is 9.64 Å². The average molecular weight is 284 g/mol. The minimum atomic E-state index is 0.203. The van der Waals surface area contributed by atoms with Gasteiger partial charge in [0.1, 0.15) is 0 Å². The Morgan fingerprint density at radius 2 is 1.90 bits per heavy atom. The van der Waals surface area contributed by atoms with Crippen LogP contribution >= 0.6 is 0 Å². The summed E-state index contributed by atoms with van der Waals surface area (Å²) in [5.74, 6) is 0. The molecule has 1 aliphatic heterocycles. The van der Waals surface area contributed by atoms with Crippen LogP contribution in [0.5, 0.6) is 0 Å². The van der Waals surface area contributed by atoms with E-state index in [1.807, 2.05) is 24.3 Å². The van der Waals surface area contributed by atoms with E-state index in [-0.39, 0.29) is 5.60 Å². The molecule has 1 saturated heterocycles. The van der Waals surface area contributed by atoms with E-state index in [0.717, 1.165) is 12.2 Å². The fourth-order valence-electron chi connectivity index (χ4n) is 3.79. The molecule has 1 heterocycles. The molecule has 21 heavy (non-hydrogen) atoms. The van der Waals surface area contributed by atoms with Gasteiger partial charge in [0, 0.05) is 19.3 Å². The van der Waals surface area contributed by atoms with E-state index >= 15 is 0 Å². The van der Waals surface area contributed by atoms with Crippen LogP contribution in [0.15, 0.2) is 24.3 Å². The summed E-state index contributed by atoms with van der Waals surface area (Å²) in [6, 6.07) is 9.96. The first-order valence-corrected chi connectivity index (χ1v) is 8.10. The van der Waals surface area contributed by atoms with Crippen LogP contribution in [-0.2, 0) is 4.74 Å². The van der Waals surface area contributed by atoms with Gasteiger partial charge in [0.2, 0.25) is 0 Å². The van der Waals surface area contributed by atoms with Crippen LogP contribution in [0.2, 0.25) is 0 Å². The third-order valence-electron chi connectivity index (χ3n) is 5.02. The van der Waals surface area contributed by atoms with E-state index in [1.54, 1.807) is 0 Å². The molecule has 1 unspecified atom stereocenters. The SMILES string of the molecule is CN(CC1CCC2(CCCCC2)O1)c1ccc(C#N)cc1. The van der Waals surface area contributed by atoms with E-state index in [4.69, 9.17) is 10.00 Å². The lowest BCUT2D eigenvalue weighted by Crippen LogP contribution is -2.35. The number of nitriles is 1. The molecule has 1 atom stereocenters. The van der Waals surface area contributed by atoms with Gasteiger partial charge in [-0.3, -0.25) is 0 Å². The van der Waals surface area contributed by atoms with Gasteiger partial charge in [-0.15, -0.1) is 0 Å². The number of ether oxygens (including phenoxy) is 1. The summed E-state index contributed by atoms with van der Waals surface area (Å²) in [4.78, 5) is 2.24. The molecule has 1 spiro atoms. The van der Waals surface area contributed by atoms with Gasteiger partial charge in [0.25, 0.3) is 0 Å². The summed E-state index contributed by atoms with van der Waals surface area (Å²) in [5.41, 5.74) is 2.07. The summed E-state index contributed by atoms with van der Waals surface area (Å²) >= 11 is 0. The van der Waals surface area contributed by atoms with Crippen LogP contribution in [-0.4, -0.2) is 25.3 Å². The maximum atomic E-state index is 8.85. The van der Waals surface area contributed by atoms with E-state index in [1.165, 1.54) is 44.9 Å². The Morgan fingerprint density at radius 1 is 1.19 bits per heavy atom. The number of nitrogens with zero attached hydrogens (tertiary/aromatic N) is 2. The summed E-state index contributed by atoms with van der Waals surface area (Å²) in [6.45, 7) is 0.938. The van der Waals surface area contributed by atoms with Crippen molar-refractivity contribution in [2.24, 2.45) is 0 Å². The molecule has 112 valence electrons. The number of anilines is 1. The Kier molecular flexibility index (Phi) is 4.17. The Balaban J connectivity index is 1.58. The lowest BCUT2D eigenvalue weighted by molar-refractivity contribution is -0.0602. The lowest BCUT2D eigenvalue weighted by atomic mass is 9.83. The predicted molar refractivity (Wildman–Crippen MR) is 84.4 cm³/mol. The summed E-state index contributed by atoms with van der Waals surface area (Å²) in [5, 5.41) is 8.85. The molecule has 0 radical (unpaired) electrons. The summed E-state index contributed by atoms with van der Waals surface area (Å²) in [7, 11) is 2.11. The quantitative estimate of drug-likeness (QED) is 0.845. The van der Waals surface area contributed by atoms with Gasteiger partial charge in [-0.25, -0.2) is 0 Å². The van der Waals surface area contributed by atoms with Crippen molar-refractivity contribution < 1.29 is 4.74 Å². The monoisotopic (exact) mass is 284 g/mol. The van der Waals surface area contributed by atoms with Crippen LogP contribution in [0.4, 0.5) is 5.69 Å². The largest absolute Gasteiger partial charge is 0.372 e. The van der Waals surface area contributed by atoms with Gasteiger partial charge in [0.05, 0.1) is 23.3 Å². The highest BCUT2D eigenvalue weighted by atomic mass is 16.5. The van der Waals surface area contributed by atoms with E-state index < -0.39 is 0 Å². The molecule has 1 aliphatic carbocycles. The summed E-state index contributed by atoms with van der Waals surface area (Å²) in [6.07, 6.45) is 9.31. The first-order chi connectivity index (χ1) is 10.2. The zero-order chi connectivity index (χ0) is 14.7. The smallest absolute Gasteiger partial charge is 0.0991 e. The highest BCUT2D eigenvalue weighted by Crippen LogP contribution is 2.42. The van der Waals surface area contributed by atoms with Crippen molar-refractivity contribution in [3.05, 3.63) is 29.8 Å². The molecular weight excluding hydrogens is 260 g/mol. The van der Waals surface area contributed by atoms with Crippen LogP contribution in [0, 0.1) is 11.3 Å². The predicted octanol–water partition coefficient (Wildman–Crippen LogP) is 3.88. The van der Waals surface area contributed by atoms with Crippen molar-refractivity contribution in [1.29, 1.82) is 5.26 Å². The number of hydrogen-bond acceptors (Lipinski definition) is 3. The first kappa shape index (κ1) is 14.4. The molecule has 3 heteroatoms. The number of rotatable bonds is 3. The third-order valence-corrected chi connectivity index (χ3v) is 5.02. The van der Waals surface area contributed by atoms with Crippen molar-refractivity contribution in [3.8, 4) is 6.07 Å². The first-order valence-electron chi connectivity index (χ1n) is 8.10. The van der Waals surface area contributed by atoms with E-state index in [9.17, 15) is 0 Å². The van der Waals surface area contributed by atoms with Crippen LogP contribution in [0.3, 0.4) is 0 Å². The second-order valence-electron chi connectivity index (χ2n) is 6.56. The molecule has 0 N–H and O–H groups in total. The molecule has 3 rings (SSSR count). The second-order valence-corrected chi connectivity index (χ2v) is 6.56. The van der Waals surface area contributed by atoms with Gasteiger partial charge in [-0.2, -0.15) is 5.26 Å². The Labute approximate surface area is 127 Å². The van der Waals surface area contributed by atoms with E-state index in [0.29, 0.717) is 11.7 Å². The molecule has 2 fully saturated rings. The molecule has 3 nitrogen and oxygen atoms in total. The zero-order valence-corrected chi connectivity index (χ0v) is 12.8. The molecule has 2 aliphatic rings. The Hall–Kier alpha value is -1.53. The Morgan fingerprint density at radius 3 is 2.57 bits per heavy atom. The normalized spacial score (nSPS) is 23.9. The van der Waals surface area contributed by atoms with Crippen molar-refractivity contribution >= 4 is 5.69 Å². The second kappa shape index (κ2) is 6.07. The molecule has 0 amide bonds. The molecular formula is C18H24N2O. The number of benzene rings is 1. The molecule has 0 bridgehead atoms. The fraction of sp³-hybridized carbons (Fsp3) is 0.611. The molecule has 0 aromatic heterocycles. The van der Waals surface area contributed by atoms with Crippen LogP contribution in [0.1, 0.15) is 50.5 Å². The van der Waals surface area contributed by atoms with Gasteiger partial charge in [-0.05, 0) is 49.9 Å². The number of likely N-dealkylation sites (N-methyl/N-ethyl adjacent to an activating group) is 1. The topological polar surface area (TPSA) is 36.3 Å². The maximum Gasteiger partial charge on any atom is 0.0991 e. The van der Waals surface area contributed by atoms with E-state index in [2.05, 4.69) is 18.0 Å². The fourth-order valence-corrected chi connectivity index (χ4v) is 3.79. The third kappa shape index (κ3) is 3.22. The van der Waals surface area contributed by atoms with Gasteiger partial charge >= 0.3 is 0 Å². The van der Waals surface area contributed by atoms with Crippen molar-refractivity contribution in [1.82, 2.24) is 0 Å². The van der Waals surface area contributed by atoms with Gasteiger partial charge in [0.15, 0.2) is 0 Å². The lowest BCUT2D eigenvalue weighted by Gasteiger charge is -2.34. The average Bonchev–Trinajstić information content (AvgIpc) is 2.90. The highest BCUT2D eigenvalue weighted by Gasteiger charge is 2.40. The molecule has 1 aromatic rings. The number of hydrogen-bond donors (Lipinski definition) is 0. The van der Waals surface area contributed by atoms with Gasteiger partial charge in [-0.1, -0.05) is 19.3 Å². The zero-order valence-electron chi connectivity index (χ0n) is 12.8. The van der Waals surface area contributed by atoms with Crippen LogP contribution < -0.4 is 4.90 Å².